The predicted molar refractivity (Wildman–Crippen MR) is 87.1 cm³/mol. The van der Waals surface area contributed by atoms with Crippen LogP contribution >= 0.6 is 0 Å². The van der Waals surface area contributed by atoms with Gasteiger partial charge in [0.05, 0.1) is 17.8 Å². The number of ether oxygens (including phenoxy) is 1. The molecule has 0 aliphatic carbocycles. The van der Waals surface area contributed by atoms with Crippen molar-refractivity contribution < 1.29 is 18.8 Å². The topological polar surface area (TPSA) is 44.8 Å². The summed E-state index contributed by atoms with van der Waals surface area (Å²) < 4.78 is 17.1. The average molecular weight is 304 g/mol. The summed E-state index contributed by atoms with van der Waals surface area (Å²) >= 11 is 0. The van der Waals surface area contributed by atoms with Crippen LogP contribution in [0, 0.1) is 0 Å². The standard InChI is InChI=1S/C17H25BO4/c1-6-20-15(19)11-10-13-8-7-9-14(12-13)18-21-16(2,3)17(4,5)22-18/h7-9,12H,6,10-11H2,1-5H3. The fourth-order valence-corrected chi connectivity index (χ4v) is 2.35. The molecule has 0 radical (unpaired) electrons. The molecule has 120 valence electrons. The van der Waals surface area contributed by atoms with Gasteiger partial charge in [-0.05, 0) is 52.1 Å². The van der Waals surface area contributed by atoms with Gasteiger partial charge in [-0.15, -0.1) is 0 Å². The van der Waals surface area contributed by atoms with Crippen LogP contribution in [-0.4, -0.2) is 30.9 Å². The van der Waals surface area contributed by atoms with Crippen molar-refractivity contribution in [2.24, 2.45) is 0 Å². The average Bonchev–Trinajstić information content (AvgIpc) is 2.66. The Bertz CT molecular complexity index is 523. The number of hydrogen-bond acceptors (Lipinski definition) is 4. The number of benzene rings is 1. The first-order valence-corrected chi connectivity index (χ1v) is 7.85. The molecule has 0 aromatic heterocycles. The number of carbonyl (C=O) groups is 1. The van der Waals surface area contributed by atoms with E-state index < -0.39 is 0 Å². The molecule has 1 aliphatic heterocycles. The Labute approximate surface area is 133 Å². The van der Waals surface area contributed by atoms with Crippen LogP contribution in [0.25, 0.3) is 0 Å². The third-order valence-corrected chi connectivity index (χ3v) is 4.40. The zero-order valence-corrected chi connectivity index (χ0v) is 14.1. The maximum atomic E-state index is 11.5. The number of rotatable bonds is 5. The quantitative estimate of drug-likeness (QED) is 0.619. The van der Waals surface area contributed by atoms with E-state index in [0.717, 1.165) is 11.0 Å². The summed E-state index contributed by atoms with van der Waals surface area (Å²) in [7, 11) is -0.368. The first-order chi connectivity index (χ1) is 10.2. The molecule has 1 fully saturated rings. The number of hydrogen-bond donors (Lipinski definition) is 0. The molecule has 1 aromatic rings. The van der Waals surface area contributed by atoms with Crippen LogP contribution in [0.3, 0.4) is 0 Å². The van der Waals surface area contributed by atoms with Gasteiger partial charge in [0.2, 0.25) is 0 Å². The summed E-state index contributed by atoms with van der Waals surface area (Å²) in [4.78, 5) is 11.5. The minimum Gasteiger partial charge on any atom is -0.466 e. The van der Waals surface area contributed by atoms with E-state index >= 15 is 0 Å². The molecule has 0 amide bonds. The Kier molecular flexibility index (Phi) is 4.98. The number of carbonyl (C=O) groups excluding carboxylic acids is 1. The fourth-order valence-electron chi connectivity index (χ4n) is 2.35. The number of esters is 1. The molecule has 1 aliphatic rings. The van der Waals surface area contributed by atoms with Crippen molar-refractivity contribution in [3.05, 3.63) is 29.8 Å². The van der Waals surface area contributed by atoms with E-state index in [4.69, 9.17) is 14.0 Å². The Morgan fingerprint density at radius 1 is 1.18 bits per heavy atom. The van der Waals surface area contributed by atoms with E-state index in [1.807, 2.05) is 58.9 Å². The van der Waals surface area contributed by atoms with Gasteiger partial charge in [0.25, 0.3) is 0 Å². The molecular formula is C17H25BO4. The lowest BCUT2D eigenvalue weighted by molar-refractivity contribution is -0.143. The van der Waals surface area contributed by atoms with Crippen LogP contribution in [0.4, 0.5) is 0 Å². The first kappa shape index (κ1) is 17.0. The highest BCUT2D eigenvalue weighted by Gasteiger charge is 2.51. The van der Waals surface area contributed by atoms with Crippen molar-refractivity contribution in [1.29, 1.82) is 0 Å². The minimum atomic E-state index is -0.368. The molecule has 0 bridgehead atoms. The molecule has 1 heterocycles. The summed E-state index contributed by atoms with van der Waals surface area (Å²) in [6.07, 6.45) is 1.05. The first-order valence-electron chi connectivity index (χ1n) is 7.85. The highest BCUT2D eigenvalue weighted by molar-refractivity contribution is 6.62. The second-order valence-corrected chi connectivity index (χ2v) is 6.64. The summed E-state index contributed by atoms with van der Waals surface area (Å²) in [5, 5.41) is 0. The van der Waals surface area contributed by atoms with Gasteiger partial charge in [0.1, 0.15) is 0 Å². The van der Waals surface area contributed by atoms with Crippen molar-refractivity contribution in [3.8, 4) is 0 Å². The molecule has 0 saturated carbocycles. The van der Waals surface area contributed by atoms with Crippen molar-refractivity contribution in [3.63, 3.8) is 0 Å². The van der Waals surface area contributed by atoms with Crippen LogP contribution in [0.5, 0.6) is 0 Å². The van der Waals surface area contributed by atoms with Crippen molar-refractivity contribution in [2.45, 2.75) is 58.7 Å². The molecule has 1 saturated heterocycles. The maximum Gasteiger partial charge on any atom is 0.494 e. The molecule has 4 nitrogen and oxygen atoms in total. The Balaban J connectivity index is 2.05. The second-order valence-electron chi connectivity index (χ2n) is 6.64. The zero-order chi connectivity index (χ0) is 16.4. The van der Waals surface area contributed by atoms with E-state index in [0.29, 0.717) is 19.4 Å². The third kappa shape index (κ3) is 3.71. The lowest BCUT2D eigenvalue weighted by atomic mass is 9.78. The molecular weight excluding hydrogens is 279 g/mol. The predicted octanol–water partition coefficient (Wildman–Crippen LogP) is 2.48. The van der Waals surface area contributed by atoms with Gasteiger partial charge in [-0.3, -0.25) is 4.79 Å². The summed E-state index contributed by atoms with van der Waals surface area (Å²) in [5.74, 6) is -0.163. The van der Waals surface area contributed by atoms with E-state index in [2.05, 4.69) is 0 Å². The molecule has 0 unspecified atom stereocenters. The molecule has 0 spiro atoms. The van der Waals surface area contributed by atoms with E-state index in [9.17, 15) is 4.79 Å². The summed E-state index contributed by atoms with van der Waals surface area (Å²) in [6, 6.07) is 8.02. The highest BCUT2D eigenvalue weighted by atomic mass is 16.7. The lowest BCUT2D eigenvalue weighted by Crippen LogP contribution is -2.41. The summed E-state index contributed by atoms with van der Waals surface area (Å²) in [5.41, 5.74) is 1.37. The Hall–Kier alpha value is -1.33. The fraction of sp³-hybridized carbons (Fsp3) is 0.588. The smallest absolute Gasteiger partial charge is 0.466 e. The highest BCUT2D eigenvalue weighted by Crippen LogP contribution is 2.36. The van der Waals surface area contributed by atoms with Gasteiger partial charge < -0.3 is 14.0 Å². The Morgan fingerprint density at radius 3 is 2.41 bits per heavy atom. The van der Waals surface area contributed by atoms with Crippen molar-refractivity contribution in [1.82, 2.24) is 0 Å². The molecule has 1 aromatic carbocycles. The maximum absolute atomic E-state index is 11.5. The summed E-state index contributed by atoms with van der Waals surface area (Å²) in [6.45, 7) is 10.4. The normalized spacial score (nSPS) is 19.2. The van der Waals surface area contributed by atoms with Gasteiger partial charge in [-0.25, -0.2) is 0 Å². The van der Waals surface area contributed by atoms with Crippen LogP contribution in [0.15, 0.2) is 24.3 Å². The molecule has 5 heteroatoms. The monoisotopic (exact) mass is 304 g/mol. The van der Waals surface area contributed by atoms with Crippen molar-refractivity contribution >= 4 is 18.6 Å². The van der Waals surface area contributed by atoms with Crippen LogP contribution in [-0.2, 0) is 25.3 Å². The Morgan fingerprint density at radius 2 is 1.82 bits per heavy atom. The van der Waals surface area contributed by atoms with E-state index in [1.165, 1.54) is 0 Å². The largest absolute Gasteiger partial charge is 0.494 e. The van der Waals surface area contributed by atoms with Crippen molar-refractivity contribution in [2.75, 3.05) is 6.61 Å². The van der Waals surface area contributed by atoms with Gasteiger partial charge in [-0.2, -0.15) is 0 Å². The van der Waals surface area contributed by atoms with Gasteiger partial charge in [0, 0.05) is 6.42 Å². The van der Waals surface area contributed by atoms with Gasteiger partial charge in [-0.1, -0.05) is 24.3 Å². The van der Waals surface area contributed by atoms with Crippen LogP contribution < -0.4 is 5.46 Å². The van der Waals surface area contributed by atoms with E-state index in [-0.39, 0.29) is 24.3 Å². The zero-order valence-electron chi connectivity index (χ0n) is 14.1. The minimum absolute atomic E-state index is 0.163. The molecule has 22 heavy (non-hydrogen) atoms. The molecule has 2 rings (SSSR count). The van der Waals surface area contributed by atoms with Gasteiger partial charge >= 0.3 is 13.1 Å². The second kappa shape index (κ2) is 6.43. The van der Waals surface area contributed by atoms with Gasteiger partial charge in [0.15, 0.2) is 0 Å². The third-order valence-electron chi connectivity index (χ3n) is 4.40. The van der Waals surface area contributed by atoms with Crippen LogP contribution in [0.2, 0.25) is 0 Å². The molecule has 0 N–H and O–H groups in total. The lowest BCUT2D eigenvalue weighted by Gasteiger charge is -2.32. The SMILES string of the molecule is CCOC(=O)CCc1cccc(B2OC(C)(C)C(C)(C)O2)c1. The molecule has 0 atom stereocenters. The van der Waals surface area contributed by atoms with Crippen LogP contribution in [0.1, 0.15) is 46.6 Å². The van der Waals surface area contributed by atoms with E-state index in [1.54, 1.807) is 0 Å². The number of aryl methyl sites for hydroxylation is 1.